The van der Waals surface area contributed by atoms with Gasteiger partial charge in [-0.3, -0.25) is 0 Å². The summed E-state index contributed by atoms with van der Waals surface area (Å²) in [5, 5.41) is 10.4. The lowest BCUT2D eigenvalue weighted by Crippen LogP contribution is -2.50. The van der Waals surface area contributed by atoms with E-state index in [0.717, 1.165) is 23.2 Å². The molecule has 8 nitrogen and oxygen atoms in total. The number of nitrogens with zero attached hydrogens (tertiary/aromatic N) is 2. The summed E-state index contributed by atoms with van der Waals surface area (Å²) in [6.45, 7) is -0.381. The summed E-state index contributed by atoms with van der Waals surface area (Å²) in [6.07, 6.45) is 0. The summed E-state index contributed by atoms with van der Waals surface area (Å²) in [6, 6.07) is 2.63. The normalized spacial score (nSPS) is 18.0. The van der Waals surface area contributed by atoms with Gasteiger partial charge in [0.2, 0.25) is 10.9 Å². The SMILES string of the molecule is O=C(O)c1cc(SC(F)(F)F)ccc1N(N1CCS(=O)(=O)CC1)[SH](=O)=O. The van der Waals surface area contributed by atoms with Crippen LogP contribution in [-0.4, -0.2) is 63.0 Å². The van der Waals surface area contributed by atoms with Crippen molar-refractivity contribution in [3.63, 3.8) is 0 Å². The number of thioether (sulfide) groups is 1. The quantitative estimate of drug-likeness (QED) is 0.521. The average Bonchev–Trinajstić information content (AvgIpc) is 2.48. The van der Waals surface area contributed by atoms with Crippen LogP contribution in [0.5, 0.6) is 0 Å². The molecule has 26 heavy (non-hydrogen) atoms. The van der Waals surface area contributed by atoms with Gasteiger partial charge in [-0.2, -0.15) is 13.2 Å². The van der Waals surface area contributed by atoms with Crippen molar-refractivity contribution in [3.05, 3.63) is 23.8 Å². The fraction of sp³-hybridized carbons (Fsp3) is 0.417. The number of hydrogen-bond donors (Lipinski definition) is 2. The van der Waals surface area contributed by atoms with E-state index >= 15 is 0 Å². The van der Waals surface area contributed by atoms with Gasteiger partial charge in [-0.05, 0) is 30.0 Å². The number of carboxylic acids is 1. The van der Waals surface area contributed by atoms with Crippen LogP contribution in [-0.2, 0) is 20.7 Å². The molecule has 14 heteroatoms. The van der Waals surface area contributed by atoms with E-state index in [-0.39, 0.29) is 30.3 Å². The first-order valence-corrected chi connectivity index (χ1v) is 10.7. The maximum Gasteiger partial charge on any atom is 0.446 e. The zero-order valence-electron chi connectivity index (χ0n) is 12.8. The molecule has 0 aromatic heterocycles. The number of aromatic carboxylic acids is 1. The van der Waals surface area contributed by atoms with E-state index in [2.05, 4.69) is 0 Å². The minimum absolute atomic E-state index is 0.191. The van der Waals surface area contributed by atoms with Crippen molar-refractivity contribution in [3.8, 4) is 0 Å². The highest BCUT2D eigenvalue weighted by Crippen LogP contribution is 2.38. The number of benzene rings is 1. The third kappa shape index (κ3) is 5.25. The van der Waals surface area contributed by atoms with Gasteiger partial charge in [-0.1, -0.05) is 0 Å². The van der Waals surface area contributed by atoms with E-state index in [4.69, 9.17) is 0 Å². The summed E-state index contributed by atoms with van der Waals surface area (Å²) in [4.78, 5) is 11.0. The average molecular weight is 434 g/mol. The number of hydrazine groups is 1. The first-order valence-electron chi connectivity index (χ1n) is 6.92. The Kier molecular flexibility index (Phi) is 6.09. The van der Waals surface area contributed by atoms with Crippen molar-refractivity contribution < 1.29 is 39.9 Å². The number of sulfone groups is 1. The Morgan fingerprint density at radius 1 is 1.23 bits per heavy atom. The topological polar surface area (TPSA) is 112 Å². The number of halogens is 3. The second-order valence-electron chi connectivity index (χ2n) is 5.16. The number of rotatable bonds is 5. The van der Waals surface area contributed by atoms with Crippen molar-refractivity contribution in [2.24, 2.45) is 0 Å². The highest BCUT2D eigenvalue weighted by molar-refractivity contribution is 8.00. The number of anilines is 1. The summed E-state index contributed by atoms with van der Waals surface area (Å²) < 4.78 is 84.2. The molecule has 1 aromatic rings. The molecular formula is C12H13F3N2O6S3. The molecule has 0 bridgehead atoms. The van der Waals surface area contributed by atoms with Crippen molar-refractivity contribution in [2.75, 3.05) is 29.0 Å². The zero-order valence-corrected chi connectivity index (χ0v) is 15.4. The monoisotopic (exact) mass is 434 g/mol. The van der Waals surface area contributed by atoms with E-state index < -0.39 is 54.4 Å². The number of carbonyl (C=O) groups is 1. The van der Waals surface area contributed by atoms with Crippen LogP contribution >= 0.6 is 11.8 Å². The van der Waals surface area contributed by atoms with Gasteiger partial charge in [0.15, 0.2) is 9.84 Å². The highest BCUT2D eigenvalue weighted by atomic mass is 32.2. The molecule has 1 N–H and O–H groups in total. The van der Waals surface area contributed by atoms with Crippen molar-refractivity contribution >= 4 is 44.1 Å². The third-order valence-electron chi connectivity index (χ3n) is 3.39. The van der Waals surface area contributed by atoms with E-state index in [1.54, 1.807) is 0 Å². The Bertz CT molecular complexity index is 863. The summed E-state index contributed by atoms with van der Waals surface area (Å²) in [7, 11) is -6.72. The summed E-state index contributed by atoms with van der Waals surface area (Å²) in [5.41, 5.74) is -5.65. The predicted molar refractivity (Wildman–Crippen MR) is 88.3 cm³/mol. The molecule has 1 aliphatic rings. The molecule has 1 fully saturated rings. The molecule has 146 valence electrons. The molecule has 0 spiro atoms. The Balaban J connectivity index is 2.44. The minimum atomic E-state index is -4.64. The fourth-order valence-corrected chi connectivity index (χ4v) is 4.79. The van der Waals surface area contributed by atoms with Gasteiger partial charge in [-0.15, -0.1) is 0 Å². The van der Waals surface area contributed by atoms with Gasteiger partial charge >= 0.3 is 11.5 Å². The molecular weight excluding hydrogens is 421 g/mol. The molecule has 1 aliphatic heterocycles. The van der Waals surface area contributed by atoms with Crippen molar-refractivity contribution in [2.45, 2.75) is 10.4 Å². The lowest BCUT2D eigenvalue weighted by atomic mass is 10.2. The van der Waals surface area contributed by atoms with E-state index in [1.165, 1.54) is 0 Å². The molecule has 1 aromatic carbocycles. The standard InChI is InChI=1S/C12H13F3N2O6S3/c13-12(14,15)24-8-1-2-10(9(7-8)11(18)19)17(25(20)21)16-3-5-26(22,23)6-4-16/h1-2,7,25H,3-6H2,(H,18,19). The molecule has 1 heterocycles. The van der Waals surface area contributed by atoms with Gasteiger partial charge in [0.05, 0.1) is 22.8 Å². The first-order chi connectivity index (χ1) is 11.9. The number of thiol groups is 1. The Labute approximate surface area is 152 Å². The smallest absolute Gasteiger partial charge is 0.446 e. The molecule has 0 amide bonds. The van der Waals surface area contributed by atoms with Crippen molar-refractivity contribution in [1.29, 1.82) is 0 Å². The molecule has 0 aliphatic carbocycles. The molecule has 0 unspecified atom stereocenters. The van der Waals surface area contributed by atoms with Crippen LogP contribution in [0.4, 0.5) is 18.9 Å². The molecule has 0 atom stereocenters. The lowest BCUT2D eigenvalue weighted by molar-refractivity contribution is -0.0328. The Morgan fingerprint density at radius 2 is 1.81 bits per heavy atom. The zero-order chi connectivity index (χ0) is 19.7. The van der Waals surface area contributed by atoms with E-state index in [1.807, 2.05) is 0 Å². The highest BCUT2D eigenvalue weighted by Gasteiger charge is 2.32. The lowest BCUT2D eigenvalue weighted by Gasteiger charge is -2.34. The van der Waals surface area contributed by atoms with Crippen LogP contribution in [0.3, 0.4) is 0 Å². The predicted octanol–water partition coefficient (Wildman–Crippen LogP) is 0.975. The van der Waals surface area contributed by atoms with Crippen molar-refractivity contribution in [1.82, 2.24) is 5.01 Å². The summed E-state index contributed by atoms with van der Waals surface area (Å²) in [5.74, 6) is -2.26. The van der Waals surface area contributed by atoms with Crippen LogP contribution in [0.2, 0.25) is 0 Å². The Morgan fingerprint density at radius 3 is 2.27 bits per heavy atom. The van der Waals surface area contributed by atoms with Gasteiger partial charge in [-0.25, -0.2) is 31.1 Å². The van der Waals surface area contributed by atoms with E-state index in [9.17, 15) is 39.9 Å². The van der Waals surface area contributed by atoms with Crippen LogP contribution in [0, 0.1) is 0 Å². The molecule has 1 saturated heterocycles. The minimum Gasteiger partial charge on any atom is -0.478 e. The van der Waals surface area contributed by atoms with E-state index in [0.29, 0.717) is 4.41 Å². The maximum atomic E-state index is 12.5. The first kappa shape index (κ1) is 20.8. The van der Waals surface area contributed by atoms with Crippen LogP contribution in [0.25, 0.3) is 0 Å². The van der Waals surface area contributed by atoms with Crippen LogP contribution in [0.15, 0.2) is 23.1 Å². The fourth-order valence-electron chi connectivity index (χ4n) is 2.29. The maximum absolute atomic E-state index is 12.5. The molecule has 2 rings (SSSR count). The largest absolute Gasteiger partial charge is 0.478 e. The Hall–Kier alpha value is -1.51. The van der Waals surface area contributed by atoms with Gasteiger partial charge in [0, 0.05) is 18.0 Å². The molecule has 0 saturated carbocycles. The summed E-state index contributed by atoms with van der Waals surface area (Å²) >= 11 is -0.529. The third-order valence-corrected chi connectivity index (χ3v) is 6.50. The van der Waals surface area contributed by atoms with Crippen LogP contribution < -0.4 is 4.41 Å². The molecule has 0 radical (unpaired) electrons. The number of carboxylic acid groups (broad SMARTS) is 1. The second-order valence-corrected chi connectivity index (χ2v) is 9.46. The van der Waals surface area contributed by atoms with Crippen LogP contribution in [0.1, 0.15) is 10.4 Å². The number of hydrogen-bond acceptors (Lipinski definition) is 7. The second kappa shape index (κ2) is 7.62. The van der Waals surface area contributed by atoms with Gasteiger partial charge in [0.25, 0.3) is 0 Å². The van der Waals surface area contributed by atoms with Gasteiger partial charge < -0.3 is 5.11 Å². The van der Waals surface area contributed by atoms with Gasteiger partial charge in [0.1, 0.15) is 0 Å². The number of alkyl halides is 3.